The third-order valence-electron chi connectivity index (χ3n) is 3.62. The number of nitrogens with zero attached hydrogens (tertiary/aromatic N) is 2. The van der Waals surface area contributed by atoms with Crippen molar-refractivity contribution in [3.8, 4) is 0 Å². The summed E-state index contributed by atoms with van der Waals surface area (Å²) in [5, 5.41) is 29.1. The first-order valence-corrected chi connectivity index (χ1v) is 12.2. The number of hydrogen-bond donors (Lipinski definition) is 4. The molecule has 182 valence electrons. The quantitative estimate of drug-likeness (QED) is 0.163. The zero-order chi connectivity index (χ0) is 24.6. The summed E-state index contributed by atoms with van der Waals surface area (Å²) >= 11 is 0. The van der Waals surface area contributed by atoms with Crippen molar-refractivity contribution in [2.24, 2.45) is 0 Å². The number of carboxylic acid groups (broad SMARTS) is 1. The van der Waals surface area contributed by atoms with Gasteiger partial charge in [-0.1, -0.05) is 0 Å². The number of aromatic nitrogens is 2. The number of carboxylic acids is 1. The Balaban J connectivity index is -0.00000272. The van der Waals surface area contributed by atoms with Crippen LogP contribution in [0.2, 0.25) is 0 Å². The summed E-state index contributed by atoms with van der Waals surface area (Å²) in [7, 11) is -18.3. The summed E-state index contributed by atoms with van der Waals surface area (Å²) < 4.78 is 48.8. The Kier molecular flexibility index (Phi) is 17.9. The molecule has 1 aromatic rings. The van der Waals surface area contributed by atoms with Gasteiger partial charge in [-0.25, -0.2) is 13.9 Å². The van der Waals surface area contributed by atoms with Crippen molar-refractivity contribution in [3.63, 3.8) is 0 Å². The molecule has 1 aliphatic heterocycles. The van der Waals surface area contributed by atoms with E-state index in [-0.39, 0.29) is 75.4 Å². The zero-order valence-corrected chi connectivity index (χ0v) is 21.7. The Morgan fingerprint density at radius 3 is 2.06 bits per heavy atom. The number of anilines is 1. The first kappa shape index (κ1) is 41.3. The number of nitrogen functional groups attached to an aromatic ring is 1. The Morgan fingerprint density at radius 1 is 1.06 bits per heavy atom. The molecule has 1 saturated heterocycles. The second-order valence-corrected chi connectivity index (χ2v) is 10.1. The smallest absolute Gasteiger partial charge is 0.790 e. The van der Waals surface area contributed by atoms with Gasteiger partial charge in [-0.3, -0.25) is 18.0 Å². The number of aromatic carboxylic acids is 1. The van der Waals surface area contributed by atoms with E-state index in [1.807, 2.05) is 0 Å². The molecule has 0 spiro atoms. The molecule has 36 heavy (non-hydrogen) atoms. The van der Waals surface area contributed by atoms with Crippen LogP contribution in [0.4, 0.5) is 5.82 Å². The van der Waals surface area contributed by atoms with Crippen LogP contribution in [0, 0.1) is 0 Å². The molecule has 6 atom stereocenters. The van der Waals surface area contributed by atoms with Crippen molar-refractivity contribution in [1.29, 1.82) is 0 Å². The Bertz CT molecular complexity index is 1100. The molecule has 0 saturated carbocycles. The van der Waals surface area contributed by atoms with E-state index in [0.717, 1.165) is 0 Å². The molecular weight excluding hydrogens is 539 g/mol. The van der Waals surface area contributed by atoms with E-state index >= 15 is 0 Å². The first-order valence-electron chi connectivity index (χ1n) is 7.77. The van der Waals surface area contributed by atoms with Crippen LogP contribution in [-0.2, 0) is 31.6 Å². The molecule has 0 aromatic carbocycles. The molecule has 2 rings (SSSR count). The van der Waals surface area contributed by atoms with Gasteiger partial charge in [-0.2, -0.15) is 4.98 Å². The molecule has 19 nitrogen and oxygen atoms in total. The molecular formula is C10H12Li4N3O16P3. The molecule has 0 aliphatic carbocycles. The first-order chi connectivity index (χ1) is 14.4. The minimum atomic E-state index is -6.22. The maximum atomic E-state index is 12.0. The van der Waals surface area contributed by atoms with Gasteiger partial charge in [0.05, 0.1) is 14.4 Å². The molecule has 5 N–H and O–H groups in total. The molecule has 0 radical (unpaired) electrons. The van der Waals surface area contributed by atoms with Crippen LogP contribution in [0.15, 0.2) is 11.0 Å². The topological polar surface area (TPSA) is 319 Å². The normalized spacial score (nSPS) is 24.5. The zero-order valence-electron chi connectivity index (χ0n) is 19.1. The molecule has 2 heterocycles. The van der Waals surface area contributed by atoms with Crippen LogP contribution in [0.3, 0.4) is 0 Å². The maximum Gasteiger partial charge on any atom is 1.00 e. The predicted molar refractivity (Wildman–Crippen MR) is 86.7 cm³/mol. The summed E-state index contributed by atoms with van der Waals surface area (Å²) in [6, 6.07) is 0. The predicted octanol–water partition coefficient (Wildman–Crippen LogP) is -17.0. The van der Waals surface area contributed by atoms with Crippen molar-refractivity contribution in [1.82, 2.24) is 9.55 Å². The Morgan fingerprint density at radius 2 is 1.58 bits per heavy atom. The second kappa shape index (κ2) is 15.6. The van der Waals surface area contributed by atoms with Crippen molar-refractivity contribution >= 4 is 35.3 Å². The van der Waals surface area contributed by atoms with Crippen LogP contribution in [0.25, 0.3) is 0 Å². The monoisotopic (exact) mass is 551 g/mol. The molecule has 1 fully saturated rings. The summed E-state index contributed by atoms with van der Waals surface area (Å²) in [6.07, 6.45) is -6.91. The molecule has 0 bridgehead atoms. The standard InChI is InChI=1S/C10H16N3O16P3.4Li/c11-7-3(9(16)17)1-13(10(18)12-7)8-6(15)5(14)4(27-8)2-26-31(22,23)29-32(24,25)28-30(19,20)21;;;;/h1,4-6,8,14-15H,2H2,(H,16,17)(H,22,23)(H,24,25)(H2,11,12,18)(H2,19,20,21);;;;/q;4*+1/p-4. The van der Waals surface area contributed by atoms with Crippen LogP contribution in [-0.4, -0.2) is 55.8 Å². The van der Waals surface area contributed by atoms with Crippen LogP contribution >= 0.6 is 23.5 Å². The Labute approximate surface area is 249 Å². The van der Waals surface area contributed by atoms with Crippen molar-refractivity contribution in [2.75, 3.05) is 12.3 Å². The number of phosphoric ester groups is 1. The Hall–Kier alpha value is 0.830. The number of hydrogen-bond acceptors (Lipinski definition) is 17. The molecule has 0 amide bonds. The molecule has 1 aromatic heterocycles. The number of carbonyl (C=O) groups is 1. The number of aliphatic hydroxyl groups excluding tert-OH is 2. The average molecular weight is 551 g/mol. The van der Waals surface area contributed by atoms with Crippen molar-refractivity contribution in [3.05, 3.63) is 22.2 Å². The van der Waals surface area contributed by atoms with E-state index in [4.69, 9.17) is 15.6 Å². The second-order valence-electron chi connectivity index (χ2n) is 5.88. The summed E-state index contributed by atoms with van der Waals surface area (Å²) in [6.45, 7) is -1.26. The van der Waals surface area contributed by atoms with Gasteiger partial charge in [-0.15, -0.1) is 0 Å². The van der Waals surface area contributed by atoms with E-state index in [1.54, 1.807) is 0 Å². The molecule has 1 aliphatic rings. The van der Waals surface area contributed by atoms with Gasteiger partial charge in [0, 0.05) is 6.20 Å². The number of aliphatic hydroxyl groups is 2. The van der Waals surface area contributed by atoms with Crippen LogP contribution in [0.1, 0.15) is 16.6 Å². The van der Waals surface area contributed by atoms with Crippen molar-refractivity contribution in [2.45, 2.75) is 24.5 Å². The van der Waals surface area contributed by atoms with Gasteiger partial charge in [0.1, 0.15) is 29.7 Å². The van der Waals surface area contributed by atoms with Gasteiger partial charge in [0.2, 0.25) is 0 Å². The summed E-state index contributed by atoms with van der Waals surface area (Å²) in [4.78, 5) is 69.5. The summed E-state index contributed by atoms with van der Waals surface area (Å²) in [5.41, 5.74) is 3.40. The molecule has 26 heteroatoms. The number of phosphoric acid groups is 3. The third-order valence-corrected chi connectivity index (χ3v) is 7.29. The van der Waals surface area contributed by atoms with Crippen molar-refractivity contribution < 1.29 is 147 Å². The van der Waals surface area contributed by atoms with Gasteiger partial charge in [0.15, 0.2) is 6.23 Å². The molecule has 6 unspecified atom stereocenters. The minimum Gasteiger partial charge on any atom is -0.790 e. The summed E-state index contributed by atoms with van der Waals surface area (Å²) in [5.74, 6) is -2.27. The fraction of sp³-hybridized carbons (Fsp3) is 0.500. The number of rotatable bonds is 9. The van der Waals surface area contributed by atoms with Crippen LogP contribution in [0.5, 0.6) is 0 Å². The van der Waals surface area contributed by atoms with Gasteiger partial charge < -0.3 is 54.5 Å². The number of nitrogens with two attached hydrogens (primary N) is 1. The van der Waals surface area contributed by atoms with Gasteiger partial charge in [-0.05, 0) is 0 Å². The third kappa shape index (κ3) is 11.5. The van der Waals surface area contributed by atoms with E-state index in [0.29, 0.717) is 10.8 Å². The van der Waals surface area contributed by atoms with E-state index in [1.165, 1.54) is 0 Å². The largest absolute Gasteiger partial charge is 1.00 e. The van der Waals surface area contributed by atoms with E-state index in [2.05, 4.69) is 18.1 Å². The maximum absolute atomic E-state index is 12.0. The number of ether oxygens (including phenoxy) is 1. The van der Waals surface area contributed by atoms with E-state index < -0.39 is 77.7 Å². The average Bonchev–Trinajstić information content (AvgIpc) is 2.85. The fourth-order valence-electron chi connectivity index (χ4n) is 2.37. The fourth-order valence-corrected chi connectivity index (χ4v) is 5.24. The van der Waals surface area contributed by atoms with Gasteiger partial charge >= 0.3 is 87.1 Å². The minimum absolute atomic E-state index is 0. The van der Waals surface area contributed by atoms with Gasteiger partial charge in [0.25, 0.3) is 15.6 Å². The van der Waals surface area contributed by atoms with E-state index in [9.17, 15) is 53.1 Å². The van der Waals surface area contributed by atoms with Crippen LogP contribution < -0.4 is 106 Å². The SMILES string of the molecule is Nc1nc(=O)n(C2OC(COP(=O)([O-])OP(=O)([O-])OP(=O)([O-])[O-])C(O)C2O)cc1C(=O)O.[Li+].[Li+].[Li+].[Li+].